The van der Waals surface area contributed by atoms with Crippen LogP contribution in [0.3, 0.4) is 0 Å². The van der Waals surface area contributed by atoms with Crippen LogP contribution in [0, 0.1) is 0 Å². The highest BCUT2D eigenvalue weighted by atomic mass is 32.1. The third-order valence-electron chi connectivity index (χ3n) is 1.77. The number of nitrogens with zero attached hydrogens (tertiary/aromatic N) is 1. The van der Waals surface area contributed by atoms with Gasteiger partial charge in [0.15, 0.2) is 0 Å². The maximum Gasteiger partial charge on any atom is 0.119 e. The summed E-state index contributed by atoms with van der Waals surface area (Å²) in [5, 5.41) is 1.04. The van der Waals surface area contributed by atoms with Crippen LogP contribution in [0.2, 0.25) is 0 Å². The fraction of sp³-hybridized carbons (Fsp3) is 0.667. The van der Waals surface area contributed by atoms with Gasteiger partial charge >= 0.3 is 0 Å². The largest absolute Gasteiger partial charge is 0.375 e. The van der Waals surface area contributed by atoms with E-state index in [1.807, 2.05) is 6.92 Å². The van der Waals surface area contributed by atoms with E-state index >= 15 is 0 Å². The predicted octanol–water partition coefficient (Wildman–Crippen LogP) is 1.70. The molecule has 0 aliphatic rings. The summed E-state index contributed by atoms with van der Waals surface area (Å²) < 4.78 is 5.28. The summed E-state index contributed by atoms with van der Waals surface area (Å²) in [6, 6.07) is 0. The molecule has 1 aromatic rings. The van der Waals surface area contributed by atoms with Crippen molar-refractivity contribution in [2.75, 3.05) is 6.61 Å². The maximum atomic E-state index is 5.60. The molecule has 0 amide bonds. The standard InChI is InChI=1S/C9H16N2OS/c1-3-7-8(5-10)13-9(11-7)6-12-4-2/h3-6,10H2,1-2H3. The van der Waals surface area contributed by atoms with Gasteiger partial charge in [-0.3, -0.25) is 0 Å². The van der Waals surface area contributed by atoms with Gasteiger partial charge < -0.3 is 10.5 Å². The molecule has 0 spiro atoms. The first kappa shape index (κ1) is 10.6. The van der Waals surface area contributed by atoms with Crippen LogP contribution in [0.25, 0.3) is 0 Å². The summed E-state index contributed by atoms with van der Waals surface area (Å²) >= 11 is 1.66. The average Bonchev–Trinajstić information content (AvgIpc) is 2.57. The van der Waals surface area contributed by atoms with Crippen LogP contribution in [0.1, 0.15) is 29.4 Å². The number of nitrogens with two attached hydrogens (primary N) is 1. The van der Waals surface area contributed by atoms with Crippen molar-refractivity contribution in [2.24, 2.45) is 5.73 Å². The lowest BCUT2D eigenvalue weighted by Crippen LogP contribution is -1.97. The monoisotopic (exact) mass is 200 g/mol. The predicted molar refractivity (Wildman–Crippen MR) is 54.7 cm³/mol. The van der Waals surface area contributed by atoms with E-state index in [1.54, 1.807) is 11.3 Å². The normalized spacial score (nSPS) is 10.7. The number of hydrogen-bond acceptors (Lipinski definition) is 4. The fourth-order valence-electron chi connectivity index (χ4n) is 1.12. The molecule has 0 radical (unpaired) electrons. The first-order valence-electron chi connectivity index (χ1n) is 4.57. The second kappa shape index (κ2) is 5.32. The zero-order chi connectivity index (χ0) is 9.68. The zero-order valence-electron chi connectivity index (χ0n) is 8.17. The minimum Gasteiger partial charge on any atom is -0.375 e. The Morgan fingerprint density at radius 3 is 2.69 bits per heavy atom. The molecular weight excluding hydrogens is 184 g/mol. The van der Waals surface area contributed by atoms with Gasteiger partial charge in [0.25, 0.3) is 0 Å². The average molecular weight is 200 g/mol. The molecule has 13 heavy (non-hydrogen) atoms. The number of rotatable bonds is 5. The summed E-state index contributed by atoms with van der Waals surface area (Å²) in [5.41, 5.74) is 6.72. The lowest BCUT2D eigenvalue weighted by Gasteiger charge is -1.94. The summed E-state index contributed by atoms with van der Waals surface area (Å²) in [6.07, 6.45) is 0.954. The Hall–Kier alpha value is -0.450. The minimum atomic E-state index is 0.590. The zero-order valence-corrected chi connectivity index (χ0v) is 8.99. The molecule has 1 aromatic heterocycles. The van der Waals surface area contributed by atoms with Gasteiger partial charge in [0.2, 0.25) is 0 Å². The summed E-state index contributed by atoms with van der Waals surface area (Å²) in [7, 11) is 0. The Balaban J connectivity index is 2.68. The molecule has 0 aromatic carbocycles. The highest BCUT2D eigenvalue weighted by Crippen LogP contribution is 2.19. The molecular formula is C9H16N2OS. The fourth-order valence-corrected chi connectivity index (χ4v) is 2.10. The molecule has 4 heteroatoms. The summed E-state index contributed by atoms with van der Waals surface area (Å²) in [5.74, 6) is 0. The van der Waals surface area contributed by atoms with Gasteiger partial charge in [-0.2, -0.15) is 0 Å². The van der Waals surface area contributed by atoms with Gasteiger partial charge in [-0.25, -0.2) is 4.98 Å². The van der Waals surface area contributed by atoms with E-state index in [0.717, 1.165) is 23.7 Å². The Labute approximate surface area is 82.9 Å². The Kier molecular flexibility index (Phi) is 4.35. The first-order valence-corrected chi connectivity index (χ1v) is 5.38. The Morgan fingerprint density at radius 2 is 2.23 bits per heavy atom. The second-order valence-electron chi connectivity index (χ2n) is 2.67. The van der Waals surface area contributed by atoms with Crippen LogP contribution in [-0.4, -0.2) is 11.6 Å². The van der Waals surface area contributed by atoms with Crippen LogP contribution in [0.15, 0.2) is 0 Å². The van der Waals surface area contributed by atoms with Crippen molar-refractivity contribution in [1.82, 2.24) is 4.98 Å². The molecule has 0 unspecified atom stereocenters. The van der Waals surface area contributed by atoms with E-state index in [0.29, 0.717) is 13.2 Å². The highest BCUT2D eigenvalue weighted by molar-refractivity contribution is 7.11. The van der Waals surface area contributed by atoms with Crippen molar-refractivity contribution in [2.45, 2.75) is 33.4 Å². The quantitative estimate of drug-likeness (QED) is 0.787. The molecule has 0 fully saturated rings. The van der Waals surface area contributed by atoms with Crippen LogP contribution in [0.5, 0.6) is 0 Å². The number of hydrogen-bond donors (Lipinski definition) is 1. The lowest BCUT2D eigenvalue weighted by atomic mass is 10.3. The number of aryl methyl sites for hydroxylation is 1. The molecule has 3 nitrogen and oxygen atoms in total. The number of ether oxygens (including phenoxy) is 1. The highest BCUT2D eigenvalue weighted by Gasteiger charge is 2.07. The Morgan fingerprint density at radius 1 is 1.46 bits per heavy atom. The van der Waals surface area contributed by atoms with Gasteiger partial charge in [0.05, 0.1) is 12.3 Å². The van der Waals surface area contributed by atoms with Crippen molar-refractivity contribution in [3.8, 4) is 0 Å². The van der Waals surface area contributed by atoms with Crippen molar-refractivity contribution < 1.29 is 4.74 Å². The van der Waals surface area contributed by atoms with Crippen molar-refractivity contribution in [3.05, 3.63) is 15.6 Å². The Bertz CT molecular complexity index is 239. The minimum absolute atomic E-state index is 0.590. The molecule has 0 saturated carbocycles. The van der Waals surface area contributed by atoms with Crippen LogP contribution in [-0.2, 0) is 24.3 Å². The van der Waals surface area contributed by atoms with E-state index in [2.05, 4.69) is 11.9 Å². The van der Waals surface area contributed by atoms with Gasteiger partial charge in [0.1, 0.15) is 5.01 Å². The number of aromatic nitrogens is 1. The van der Waals surface area contributed by atoms with Gasteiger partial charge in [-0.05, 0) is 13.3 Å². The van der Waals surface area contributed by atoms with Crippen molar-refractivity contribution in [1.29, 1.82) is 0 Å². The maximum absolute atomic E-state index is 5.60. The van der Waals surface area contributed by atoms with Crippen LogP contribution >= 0.6 is 11.3 Å². The van der Waals surface area contributed by atoms with E-state index in [4.69, 9.17) is 10.5 Å². The van der Waals surface area contributed by atoms with E-state index in [9.17, 15) is 0 Å². The molecule has 0 aliphatic heterocycles. The first-order chi connectivity index (χ1) is 6.31. The lowest BCUT2D eigenvalue weighted by molar-refractivity contribution is 0.134. The van der Waals surface area contributed by atoms with Crippen molar-refractivity contribution >= 4 is 11.3 Å². The molecule has 0 saturated heterocycles. The molecule has 2 N–H and O–H groups in total. The van der Waals surface area contributed by atoms with Crippen LogP contribution in [0.4, 0.5) is 0 Å². The molecule has 0 atom stereocenters. The van der Waals surface area contributed by atoms with Gasteiger partial charge in [-0.1, -0.05) is 6.92 Å². The molecule has 1 rings (SSSR count). The third-order valence-corrected chi connectivity index (χ3v) is 2.87. The molecule has 0 aliphatic carbocycles. The third kappa shape index (κ3) is 2.76. The molecule has 0 bridgehead atoms. The van der Waals surface area contributed by atoms with E-state index < -0.39 is 0 Å². The second-order valence-corrected chi connectivity index (χ2v) is 3.84. The van der Waals surface area contributed by atoms with Gasteiger partial charge in [-0.15, -0.1) is 11.3 Å². The number of thiazole rings is 1. The van der Waals surface area contributed by atoms with E-state index in [-0.39, 0.29) is 0 Å². The van der Waals surface area contributed by atoms with Crippen LogP contribution < -0.4 is 5.73 Å². The smallest absolute Gasteiger partial charge is 0.119 e. The van der Waals surface area contributed by atoms with Gasteiger partial charge in [0, 0.05) is 18.0 Å². The van der Waals surface area contributed by atoms with Crippen molar-refractivity contribution in [3.63, 3.8) is 0 Å². The summed E-state index contributed by atoms with van der Waals surface area (Å²) in [4.78, 5) is 5.64. The molecule has 74 valence electrons. The summed E-state index contributed by atoms with van der Waals surface area (Å²) in [6.45, 7) is 6.02. The SMILES string of the molecule is CCOCc1nc(CC)c(CN)s1. The molecule has 1 heterocycles. The van der Waals surface area contributed by atoms with E-state index in [1.165, 1.54) is 4.88 Å². The topological polar surface area (TPSA) is 48.1 Å².